The first-order chi connectivity index (χ1) is 15.2. The first-order valence-electron chi connectivity index (χ1n) is 10.1. The van der Waals surface area contributed by atoms with Gasteiger partial charge in [-0.1, -0.05) is 12.1 Å². The Morgan fingerprint density at radius 2 is 1.50 bits per heavy atom. The molecule has 0 radical (unpaired) electrons. The van der Waals surface area contributed by atoms with Crippen LogP contribution in [-0.2, 0) is 11.0 Å². The van der Waals surface area contributed by atoms with Crippen LogP contribution in [0.25, 0.3) is 0 Å². The van der Waals surface area contributed by atoms with Crippen molar-refractivity contribution in [2.75, 3.05) is 34.4 Å². The van der Waals surface area contributed by atoms with Gasteiger partial charge in [0.1, 0.15) is 5.75 Å². The zero-order valence-electron chi connectivity index (χ0n) is 18.1. The highest BCUT2D eigenvalue weighted by molar-refractivity contribution is 5.70. The van der Waals surface area contributed by atoms with E-state index in [4.69, 9.17) is 14.2 Å². The van der Waals surface area contributed by atoms with Gasteiger partial charge in [-0.25, -0.2) is 0 Å². The number of halogens is 3. The van der Waals surface area contributed by atoms with Crippen molar-refractivity contribution in [3.05, 3.63) is 53.1 Å². The van der Waals surface area contributed by atoms with Gasteiger partial charge in [0, 0.05) is 11.6 Å². The number of rotatable bonds is 7. The van der Waals surface area contributed by atoms with Crippen molar-refractivity contribution in [2.45, 2.75) is 25.1 Å². The van der Waals surface area contributed by atoms with E-state index < -0.39 is 29.7 Å². The molecule has 0 amide bonds. The minimum Gasteiger partial charge on any atom is -0.496 e. The number of piperidine rings is 1. The van der Waals surface area contributed by atoms with Gasteiger partial charge in [0.2, 0.25) is 0 Å². The van der Waals surface area contributed by atoms with Gasteiger partial charge in [0.25, 0.3) is 0 Å². The Morgan fingerprint density at radius 1 is 0.969 bits per heavy atom. The van der Waals surface area contributed by atoms with Gasteiger partial charge in [-0.15, -0.1) is 0 Å². The van der Waals surface area contributed by atoms with E-state index in [0.29, 0.717) is 54.3 Å². The lowest BCUT2D eigenvalue weighted by Gasteiger charge is -2.37. The molecule has 0 spiro atoms. The van der Waals surface area contributed by atoms with E-state index in [-0.39, 0.29) is 0 Å². The lowest BCUT2D eigenvalue weighted by atomic mass is 9.90. The fraction of sp³-hybridized carbons (Fsp3) is 0.435. The number of likely N-dealkylation sites (tertiary alicyclic amines) is 1. The van der Waals surface area contributed by atoms with Gasteiger partial charge in [0.15, 0.2) is 11.5 Å². The van der Waals surface area contributed by atoms with Crippen molar-refractivity contribution in [1.82, 2.24) is 4.90 Å². The Bertz CT molecular complexity index is 938. The molecule has 1 fully saturated rings. The summed E-state index contributed by atoms with van der Waals surface area (Å²) in [4.78, 5) is 13.4. The quantitative estimate of drug-likeness (QED) is 0.660. The van der Waals surface area contributed by atoms with E-state index in [2.05, 4.69) is 4.90 Å². The number of benzene rings is 2. The fourth-order valence-electron chi connectivity index (χ4n) is 4.11. The monoisotopic (exact) mass is 453 g/mol. The molecule has 6 nitrogen and oxygen atoms in total. The Hall–Kier alpha value is -2.94. The molecule has 1 unspecified atom stereocenters. The summed E-state index contributed by atoms with van der Waals surface area (Å²) < 4.78 is 55.7. The molecule has 2 aromatic rings. The normalized spacial score (nSPS) is 16.4. The summed E-state index contributed by atoms with van der Waals surface area (Å²) in [6.07, 6.45) is -3.54. The second-order valence-corrected chi connectivity index (χ2v) is 7.62. The van der Waals surface area contributed by atoms with Crippen LogP contribution >= 0.6 is 0 Å². The predicted molar refractivity (Wildman–Crippen MR) is 111 cm³/mol. The summed E-state index contributed by atoms with van der Waals surface area (Å²) in [7, 11) is 4.51. The molecule has 1 aliphatic heterocycles. The zero-order valence-corrected chi connectivity index (χ0v) is 18.1. The smallest absolute Gasteiger partial charge is 0.416 e. The maximum atomic E-state index is 13.1. The number of hydrogen-bond donors (Lipinski definition) is 1. The van der Waals surface area contributed by atoms with Crippen molar-refractivity contribution in [3.63, 3.8) is 0 Å². The van der Waals surface area contributed by atoms with E-state index in [1.807, 2.05) is 0 Å². The van der Waals surface area contributed by atoms with E-state index >= 15 is 0 Å². The number of carbonyl (C=O) groups is 1. The number of alkyl halides is 3. The van der Waals surface area contributed by atoms with Crippen molar-refractivity contribution in [3.8, 4) is 17.2 Å². The molecule has 174 valence electrons. The van der Waals surface area contributed by atoms with Crippen molar-refractivity contribution >= 4 is 5.97 Å². The zero-order chi connectivity index (χ0) is 23.5. The van der Waals surface area contributed by atoms with Crippen LogP contribution in [0.2, 0.25) is 0 Å². The van der Waals surface area contributed by atoms with Crippen LogP contribution in [0, 0.1) is 5.92 Å². The summed E-state index contributed by atoms with van der Waals surface area (Å²) in [6, 6.07) is 7.99. The van der Waals surface area contributed by atoms with Crippen LogP contribution in [0.3, 0.4) is 0 Å². The molecule has 0 saturated carbocycles. The SMILES string of the molecule is COc1cc(OC)c(C(c2ccc(C(F)(F)F)cc2)N2CCC(C(=O)O)CC2)cc1OC. The molecule has 0 bridgehead atoms. The topological polar surface area (TPSA) is 68.2 Å². The number of carboxylic acids is 1. The lowest BCUT2D eigenvalue weighted by molar-refractivity contribution is -0.143. The Kier molecular flexibility index (Phi) is 7.18. The Balaban J connectivity index is 2.08. The predicted octanol–water partition coefficient (Wildman–Crippen LogP) is 4.62. The molecule has 2 aromatic carbocycles. The standard InChI is InChI=1S/C23H26F3NO5/c1-30-18-13-20(32-3)19(31-2)12-17(18)21(27-10-8-15(9-11-27)22(28)29)14-4-6-16(7-5-14)23(24,25)26/h4-7,12-13,15,21H,8-11H2,1-3H3,(H,28,29). The molecule has 9 heteroatoms. The molecule has 1 N–H and O–H groups in total. The molecule has 0 aliphatic carbocycles. The minimum atomic E-state index is -4.44. The van der Waals surface area contributed by atoms with Gasteiger partial charge >= 0.3 is 12.1 Å². The van der Waals surface area contributed by atoms with Crippen LogP contribution in [0.5, 0.6) is 17.2 Å². The maximum absolute atomic E-state index is 13.1. The highest BCUT2D eigenvalue weighted by atomic mass is 19.4. The van der Waals surface area contributed by atoms with Gasteiger partial charge in [0.05, 0.1) is 38.9 Å². The third-order valence-corrected chi connectivity index (χ3v) is 5.83. The highest BCUT2D eigenvalue weighted by Gasteiger charge is 2.34. The van der Waals surface area contributed by atoms with Gasteiger partial charge in [-0.2, -0.15) is 13.2 Å². The van der Waals surface area contributed by atoms with Gasteiger partial charge in [-0.3, -0.25) is 9.69 Å². The number of hydrogen-bond acceptors (Lipinski definition) is 5. The summed E-state index contributed by atoms with van der Waals surface area (Å²) in [5.74, 6) is 0.142. The molecular formula is C23H26F3NO5. The second-order valence-electron chi connectivity index (χ2n) is 7.62. The third-order valence-electron chi connectivity index (χ3n) is 5.83. The lowest BCUT2D eigenvalue weighted by Crippen LogP contribution is -2.39. The molecule has 1 heterocycles. The molecule has 1 aliphatic rings. The number of ether oxygens (including phenoxy) is 3. The molecule has 32 heavy (non-hydrogen) atoms. The molecular weight excluding hydrogens is 427 g/mol. The number of carboxylic acid groups (broad SMARTS) is 1. The van der Waals surface area contributed by atoms with Crippen LogP contribution in [0.15, 0.2) is 36.4 Å². The first-order valence-corrected chi connectivity index (χ1v) is 10.1. The summed E-state index contributed by atoms with van der Waals surface area (Å²) >= 11 is 0. The number of nitrogens with zero attached hydrogens (tertiary/aromatic N) is 1. The number of methoxy groups -OCH3 is 3. The number of aliphatic carboxylic acids is 1. The Labute approximate surface area is 184 Å². The molecule has 1 atom stereocenters. The van der Waals surface area contributed by atoms with Crippen LogP contribution in [-0.4, -0.2) is 50.4 Å². The minimum absolute atomic E-state index is 0.438. The van der Waals surface area contributed by atoms with E-state index in [9.17, 15) is 23.1 Å². The third kappa shape index (κ3) is 4.93. The Morgan fingerprint density at radius 3 is 1.97 bits per heavy atom. The maximum Gasteiger partial charge on any atom is 0.416 e. The average Bonchev–Trinajstić information content (AvgIpc) is 2.79. The van der Waals surface area contributed by atoms with E-state index in [0.717, 1.165) is 12.1 Å². The highest BCUT2D eigenvalue weighted by Crippen LogP contribution is 2.43. The van der Waals surface area contributed by atoms with Gasteiger partial charge < -0.3 is 19.3 Å². The second kappa shape index (κ2) is 9.68. The van der Waals surface area contributed by atoms with E-state index in [1.54, 1.807) is 12.1 Å². The summed E-state index contributed by atoms with van der Waals surface area (Å²) in [5, 5.41) is 9.34. The summed E-state index contributed by atoms with van der Waals surface area (Å²) in [6.45, 7) is 0.945. The van der Waals surface area contributed by atoms with Crippen LogP contribution in [0.1, 0.15) is 35.6 Å². The average molecular weight is 453 g/mol. The largest absolute Gasteiger partial charge is 0.496 e. The van der Waals surface area contributed by atoms with Crippen molar-refractivity contribution < 1.29 is 37.3 Å². The first kappa shape index (κ1) is 23.7. The molecule has 3 rings (SSSR count). The van der Waals surface area contributed by atoms with Crippen molar-refractivity contribution in [1.29, 1.82) is 0 Å². The van der Waals surface area contributed by atoms with Crippen molar-refractivity contribution in [2.24, 2.45) is 5.92 Å². The molecule has 0 aromatic heterocycles. The van der Waals surface area contributed by atoms with E-state index in [1.165, 1.54) is 33.5 Å². The van der Waals surface area contributed by atoms with Gasteiger partial charge in [-0.05, 0) is 49.7 Å². The fourth-order valence-corrected chi connectivity index (χ4v) is 4.11. The van der Waals surface area contributed by atoms with Crippen LogP contribution in [0.4, 0.5) is 13.2 Å². The molecule has 1 saturated heterocycles. The van der Waals surface area contributed by atoms with Crippen LogP contribution < -0.4 is 14.2 Å². The summed E-state index contributed by atoms with van der Waals surface area (Å²) in [5.41, 5.74) is 0.597.